The monoisotopic (exact) mass is 233 g/mol. The fourth-order valence-electron chi connectivity index (χ4n) is 1.78. The number of imidazole rings is 1. The molecule has 5 heteroatoms. The Kier molecular flexibility index (Phi) is 2.63. The van der Waals surface area contributed by atoms with Gasteiger partial charge in [0.2, 0.25) is 5.95 Å². The van der Waals surface area contributed by atoms with Crippen LogP contribution in [0, 0.1) is 0 Å². The number of benzene rings is 1. The molecule has 0 fully saturated rings. The van der Waals surface area contributed by atoms with Crippen molar-refractivity contribution in [3.63, 3.8) is 0 Å². The minimum atomic E-state index is -0.890. The van der Waals surface area contributed by atoms with Crippen LogP contribution in [0.25, 0.3) is 11.0 Å². The summed E-state index contributed by atoms with van der Waals surface area (Å²) in [5.41, 5.74) is 6.96. The first-order chi connectivity index (χ1) is 7.90. The molecule has 0 saturated heterocycles. The van der Waals surface area contributed by atoms with Gasteiger partial charge in [0.15, 0.2) is 0 Å². The summed E-state index contributed by atoms with van der Waals surface area (Å²) >= 11 is 0. The standard InChI is InChI=1S/C12H15N3O2/c1-12(2,17)7-15-10-5-8(6-16)3-4-9(10)14-11(15)13/h3-6,17H,7H2,1-2H3,(H2,13,14). The lowest BCUT2D eigenvalue weighted by atomic mass is 10.1. The number of aliphatic hydroxyl groups is 1. The third-order valence-electron chi connectivity index (χ3n) is 2.48. The second-order valence-electron chi connectivity index (χ2n) is 4.73. The molecule has 90 valence electrons. The molecule has 2 rings (SSSR count). The van der Waals surface area contributed by atoms with E-state index in [1.807, 2.05) is 0 Å². The van der Waals surface area contributed by atoms with Crippen molar-refractivity contribution in [2.45, 2.75) is 26.0 Å². The number of carbonyl (C=O) groups excluding carboxylic acids is 1. The quantitative estimate of drug-likeness (QED) is 0.780. The lowest BCUT2D eigenvalue weighted by Crippen LogP contribution is -2.26. The van der Waals surface area contributed by atoms with Crippen LogP contribution < -0.4 is 5.73 Å². The van der Waals surface area contributed by atoms with E-state index in [9.17, 15) is 9.90 Å². The van der Waals surface area contributed by atoms with Gasteiger partial charge in [0.25, 0.3) is 0 Å². The Hall–Kier alpha value is -1.88. The SMILES string of the molecule is CC(C)(O)Cn1c(N)nc2ccc(C=O)cc21. The molecule has 17 heavy (non-hydrogen) atoms. The summed E-state index contributed by atoms with van der Waals surface area (Å²) in [6, 6.07) is 5.16. The molecule has 0 aliphatic heterocycles. The van der Waals surface area contributed by atoms with E-state index in [-0.39, 0.29) is 0 Å². The normalized spacial score (nSPS) is 11.9. The molecule has 2 aromatic rings. The van der Waals surface area contributed by atoms with Gasteiger partial charge < -0.3 is 15.4 Å². The van der Waals surface area contributed by atoms with Crippen LogP contribution in [-0.2, 0) is 6.54 Å². The van der Waals surface area contributed by atoms with E-state index in [1.54, 1.807) is 36.6 Å². The van der Waals surface area contributed by atoms with Gasteiger partial charge in [-0.25, -0.2) is 4.98 Å². The molecule has 0 amide bonds. The number of aromatic nitrogens is 2. The van der Waals surface area contributed by atoms with Gasteiger partial charge in [-0.15, -0.1) is 0 Å². The van der Waals surface area contributed by atoms with Crippen molar-refractivity contribution >= 4 is 23.3 Å². The van der Waals surface area contributed by atoms with Gasteiger partial charge >= 0.3 is 0 Å². The number of hydrogen-bond donors (Lipinski definition) is 2. The van der Waals surface area contributed by atoms with Crippen LogP contribution in [-0.4, -0.2) is 26.5 Å². The highest BCUT2D eigenvalue weighted by Crippen LogP contribution is 2.21. The Morgan fingerprint density at radius 1 is 1.53 bits per heavy atom. The molecule has 1 heterocycles. The highest BCUT2D eigenvalue weighted by molar-refractivity contribution is 5.86. The molecule has 1 aromatic carbocycles. The summed E-state index contributed by atoms with van der Waals surface area (Å²) in [5.74, 6) is 0.338. The summed E-state index contributed by atoms with van der Waals surface area (Å²) in [7, 11) is 0. The van der Waals surface area contributed by atoms with Gasteiger partial charge in [-0.3, -0.25) is 4.79 Å². The molecule has 3 N–H and O–H groups in total. The predicted octanol–water partition coefficient (Wildman–Crippen LogP) is 1.20. The highest BCUT2D eigenvalue weighted by Gasteiger charge is 2.17. The van der Waals surface area contributed by atoms with E-state index >= 15 is 0 Å². The zero-order valence-electron chi connectivity index (χ0n) is 9.84. The van der Waals surface area contributed by atoms with E-state index in [2.05, 4.69) is 4.98 Å². The topological polar surface area (TPSA) is 81.1 Å². The molecule has 0 atom stereocenters. The number of rotatable bonds is 3. The zero-order valence-corrected chi connectivity index (χ0v) is 9.84. The third kappa shape index (κ3) is 2.29. The molecule has 0 unspecified atom stereocenters. The van der Waals surface area contributed by atoms with Crippen molar-refractivity contribution in [1.29, 1.82) is 0 Å². The van der Waals surface area contributed by atoms with Crippen LogP contribution in [0.5, 0.6) is 0 Å². The minimum Gasteiger partial charge on any atom is -0.389 e. The highest BCUT2D eigenvalue weighted by atomic mass is 16.3. The van der Waals surface area contributed by atoms with E-state index < -0.39 is 5.60 Å². The number of hydrogen-bond acceptors (Lipinski definition) is 4. The van der Waals surface area contributed by atoms with Crippen molar-refractivity contribution in [2.75, 3.05) is 5.73 Å². The number of fused-ring (bicyclic) bond motifs is 1. The van der Waals surface area contributed by atoms with E-state index in [0.29, 0.717) is 18.1 Å². The van der Waals surface area contributed by atoms with E-state index in [0.717, 1.165) is 17.3 Å². The first kappa shape index (κ1) is 11.6. The van der Waals surface area contributed by atoms with E-state index in [1.165, 1.54) is 0 Å². The smallest absolute Gasteiger partial charge is 0.201 e. The number of nitrogens with two attached hydrogens (primary N) is 1. The largest absolute Gasteiger partial charge is 0.389 e. The molecule has 5 nitrogen and oxygen atoms in total. The number of aldehydes is 1. The molecule has 0 aliphatic rings. The van der Waals surface area contributed by atoms with Crippen LogP contribution >= 0.6 is 0 Å². The van der Waals surface area contributed by atoms with Gasteiger partial charge in [-0.1, -0.05) is 0 Å². The minimum absolute atomic E-state index is 0.331. The second-order valence-corrected chi connectivity index (χ2v) is 4.73. The fourth-order valence-corrected chi connectivity index (χ4v) is 1.78. The molecule has 0 aliphatic carbocycles. The average molecular weight is 233 g/mol. The van der Waals surface area contributed by atoms with Crippen molar-refractivity contribution < 1.29 is 9.90 Å². The third-order valence-corrected chi connectivity index (χ3v) is 2.48. The maximum atomic E-state index is 10.7. The number of nitrogens with zero attached hydrogens (tertiary/aromatic N) is 2. The first-order valence-electron chi connectivity index (χ1n) is 5.34. The summed E-state index contributed by atoms with van der Waals surface area (Å²) in [6.07, 6.45) is 0.775. The Bertz CT molecular complexity index is 567. The van der Waals surface area contributed by atoms with Crippen molar-refractivity contribution in [1.82, 2.24) is 9.55 Å². The second kappa shape index (κ2) is 3.85. The Labute approximate surface area is 98.9 Å². The molecular weight excluding hydrogens is 218 g/mol. The average Bonchev–Trinajstić information content (AvgIpc) is 2.53. The molecule has 0 saturated carbocycles. The van der Waals surface area contributed by atoms with E-state index in [4.69, 9.17) is 5.73 Å². The van der Waals surface area contributed by atoms with Gasteiger partial charge in [0, 0.05) is 5.56 Å². The lowest BCUT2D eigenvalue weighted by Gasteiger charge is -2.19. The van der Waals surface area contributed by atoms with Gasteiger partial charge in [-0.2, -0.15) is 0 Å². The first-order valence-corrected chi connectivity index (χ1v) is 5.34. The van der Waals surface area contributed by atoms with Crippen LogP contribution in [0.15, 0.2) is 18.2 Å². The summed E-state index contributed by atoms with van der Waals surface area (Å²) in [4.78, 5) is 14.9. The Morgan fingerprint density at radius 2 is 2.24 bits per heavy atom. The lowest BCUT2D eigenvalue weighted by molar-refractivity contribution is 0.0633. The zero-order chi connectivity index (χ0) is 12.6. The Balaban J connectivity index is 2.60. The number of carbonyl (C=O) groups is 1. The van der Waals surface area contributed by atoms with Gasteiger partial charge in [0.1, 0.15) is 6.29 Å². The maximum Gasteiger partial charge on any atom is 0.201 e. The van der Waals surface area contributed by atoms with Crippen LogP contribution in [0.3, 0.4) is 0 Å². The fraction of sp³-hybridized carbons (Fsp3) is 0.333. The molecule has 0 bridgehead atoms. The van der Waals surface area contributed by atoms with Crippen molar-refractivity contribution in [3.05, 3.63) is 23.8 Å². The predicted molar refractivity (Wildman–Crippen MR) is 65.8 cm³/mol. The maximum absolute atomic E-state index is 10.7. The molecule has 0 spiro atoms. The number of anilines is 1. The summed E-state index contributed by atoms with van der Waals surface area (Å²) in [6.45, 7) is 3.72. The van der Waals surface area contributed by atoms with Crippen molar-refractivity contribution in [3.8, 4) is 0 Å². The summed E-state index contributed by atoms with van der Waals surface area (Å²) < 4.78 is 1.71. The van der Waals surface area contributed by atoms with Crippen LogP contribution in [0.2, 0.25) is 0 Å². The summed E-state index contributed by atoms with van der Waals surface area (Å²) in [5, 5.41) is 9.83. The molecular formula is C12H15N3O2. The van der Waals surface area contributed by atoms with Gasteiger partial charge in [0.05, 0.1) is 23.2 Å². The molecule has 1 aromatic heterocycles. The van der Waals surface area contributed by atoms with Crippen LogP contribution in [0.1, 0.15) is 24.2 Å². The number of nitrogen functional groups attached to an aromatic ring is 1. The Morgan fingerprint density at radius 3 is 2.82 bits per heavy atom. The van der Waals surface area contributed by atoms with Crippen molar-refractivity contribution in [2.24, 2.45) is 0 Å². The van der Waals surface area contributed by atoms with Crippen LogP contribution in [0.4, 0.5) is 5.95 Å². The van der Waals surface area contributed by atoms with Gasteiger partial charge in [-0.05, 0) is 32.0 Å². The molecule has 0 radical (unpaired) electrons.